The van der Waals surface area contributed by atoms with Crippen LogP contribution in [0.15, 0.2) is 127 Å². The number of rotatable bonds is 19. The number of carbonyl (C=O) groups excluding carboxylic acids is 5. The molecule has 0 fully saturated rings. The molecule has 0 aliphatic rings. The Balaban J connectivity index is 0.00000378. The molecule has 5 rings (SSSR count). The molecule has 5 amide bonds. The summed E-state index contributed by atoms with van der Waals surface area (Å²) in [5.74, 6) is -4.17. The van der Waals surface area contributed by atoms with Crippen LogP contribution in [0.25, 0.3) is 11.1 Å². The lowest BCUT2D eigenvalue weighted by atomic mass is 9.99. The number of hydrogen-bond donors (Lipinski definition) is 6. The quantitative estimate of drug-likeness (QED) is 0.0629. The molecule has 6 N–H and O–H groups in total. The normalized spacial score (nSPS) is 11.9. The fourth-order valence-corrected chi connectivity index (χ4v) is 6.74. The number of thiophene rings is 1. The number of carbonyl (C=O) groups is 6. The minimum absolute atomic E-state index is 0.0281. The van der Waals surface area contributed by atoms with Gasteiger partial charge in [-0.25, -0.2) is 0 Å². The highest BCUT2D eigenvalue weighted by Gasteiger charge is 2.31. The van der Waals surface area contributed by atoms with Gasteiger partial charge in [-0.3, -0.25) is 28.8 Å². The molecule has 1 aromatic heterocycles. The summed E-state index contributed by atoms with van der Waals surface area (Å²) in [7, 11) is 0. The maximum atomic E-state index is 14.2. The molecular formula is C46H47N5O7S. The zero-order valence-electron chi connectivity index (χ0n) is 32.6. The average molecular weight is 814 g/mol. The predicted octanol–water partition coefficient (Wildman–Crippen LogP) is 5.07. The first-order chi connectivity index (χ1) is 28.5. The van der Waals surface area contributed by atoms with E-state index in [1.54, 1.807) is 36.4 Å². The monoisotopic (exact) mass is 813 g/mol. The zero-order chi connectivity index (χ0) is 42.6. The topological polar surface area (TPSA) is 183 Å². The Labute approximate surface area is 347 Å². The summed E-state index contributed by atoms with van der Waals surface area (Å²) in [6.07, 6.45) is 7.90. The Hall–Kier alpha value is -7.04. The molecule has 3 atom stereocenters. The van der Waals surface area contributed by atoms with Crippen molar-refractivity contribution in [2.24, 2.45) is 0 Å². The fourth-order valence-electron chi connectivity index (χ4n) is 5.99. The van der Waals surface area contributed by atoms with E-state index in [2.05, 4.69) is 39.4 Å². The molecule has 59 heavy (non-hydrogen) atoms. The van der Waals surface area contributed by atoms with Gasteiger partial charge in [-0.2, -0.15) is 0 Å². The van der Waals surface area contributed by atoms with Crippen LogP contribution in [0.4, 0.5) is 5.69 Å². The number of carboxylic acid groups (broad SMARTS) is 1. The van der Waals surface area contributed by atoms with Gasteiger partial charge in [0.1, 0.15) is 24.7 Å². The number of nitrogens with one attached hydrogen (secondary N) is 5. The van der Waals surface area contributed by atoms with Crippen molar-refractivity contribution in [2.75, 3.05) is 11.9 Å². The van der Waals surface area contributed by atoms with Crippen LogP contribution in [0.1, 0.15) is 34.4 Å². The lowest BCUT2D eigenvalue weighted by Crippen LogP contribution is -2.58. The summed E-state index contributed by atoms with van der Waals surface area (Å²) >= 11 is 1.40. The van der Waals surface area contributed by atoms with Crippen LogP contribution in [-0.2, 0) is 48.0 Å². The summed E-state index contributed by atoms with van der Waals surface area (Å²) in [5, 5.41) is 24.5. The van der Waals surface area contributed by atoms with Crippen molar-refractivity contribution in [3.05, 3.63) is 148 Å². The van der Waals surface area contributed by atoms with Gasteiger partial charge < -0.3 is 31.7 Å². The predicted molar refractivity (Wildman–Crippen MR) is 229 cm³/mol. The Bertz CT molecular complexity index is 2160. The first-order valence-electron chi connectivity index (χ1n) is 18.8. The van der Waals surface area contributed by atoms with Crippen molar-refractivity contribution < 1.29 is 33.9 Å². The maximum absolute atomic E-state index is 14.2. The lowest BCUT2D eigenvalue weighted by Gasteiger charge is -2.25. The van der Waals surface area contributed by atoms with E-state index in [1.165, 1.54) is 11.3 Å². The number of benzene rings is 4. The van der Waals surface area contributed by atoms with Crippen molar-refractivity contribution in [2.45, 2.75) is 57.2 Å². The number of aryl methyl sites for hydroxylation is 1. The standard InChI is InChI=1S/C44H45N5O7S.C2H2/c1-29-14-20-34(21-15-29)46-39(50)22-23-40(51)47-38(27-35-13-8-24-57-35)44(56)49-37(26-31-16-18-33(19-17-31)32-11-6-3-7-12-32)43(55)48-36(42(54)45-28-41(52)53)25-30-9-4-2-5-10-30;1-2/h2-21,24,36-38H,22-23,25-28H2,1H3,(H,45,54)(H,46,50)(H,47,51)(H,48,55)(H,49,56)(H,52,53);1-2H/t36-,37-,38-;/m1./s1. The highest BCUT2D eigenvalue weighted by Crippen LogP contribution is 2.20. The van der Waals surface area contributed by atoms with Crippen molar-refractivity contribution in [1.29, 1.82) is 0 Å². The summed E-state index contributed by atoms with van der Waals surface area (Å²) in [6.45, 7) is 1.29. The van der Waals surface area contributed by atoms with E-state index >= 15 is 0 Å². The maximum Gasteiger partial charge on any atom is 0.322 e. The Morgan fingerprint density at radius 1 is 0.576 bits per heavy atom. The Kier molecular flexibility index (Phi) is 17.6. The molecule has 0 radical (unpaired) electrons. The van der Waals surface area contributed by atoms with Crippen molar-refractivity contribution in [1.82, 2.24) is 21.3 Å². The molecular weight excluding hydrogens is 767 g/mol. The summed E-state index contributed by atoms with van der Waals surface area (Å²) in [4.78, 5) is 79.5. The number of hydrogen-bond acceptors (Lipinski definition) is 7. The molecule has 0 aliphatic heterocycles. The number of terminal acetylenes is 1. The van der Waals surface area contributed by atoms with Gasteiger partial charge in [-0.1, -0.05) is 109 Å². The molecule has 5 aromatic rings. The van der Waals surface area contributed by atoms with E-state index in [0.717, 1.165) is 27.1 Å². The second kappa shape index (κ2) is 23.3. The van der Waals surface area contributed by atoms with Gasteiger partial charge >= 0.3 is 5.97 Å². The summed E-state index contributed by atoms with van der Waals surface area (Å²) in [6, 6.07) is 33.6. The van der Waals surface area contributed by atoms with E-state index in [0.29, 0.717) is 11.3 Å². The van der Waals surface area contributed by atoms with Crippen LogP contribution in [0.3, 0.4) is 0 Å². The van der Waals surface area contributed by atoms with Crippen LogP contribution in [0.2, 0.25) is 0 Å². The molecule has 304 valence electrons. The van der Waals surface area contributed by atoms with Crippen molar-refractivity contribution in [3.63, 3.8) is 0 Å². The van der Waals surface area contributed by atoms with Crippen LogP contribution in [-0.4, -0.2) is 65.3 Å². The highest BCUT2D eigenvalue weighted by atomic mass is 32.1. The van der Waals surface area contributed by atoms with E-state index in [1.807, 2.05) is 97.2 Å². The van der Waals surface area contributed by atoms with Crippen LogP contribution in [0.5, 0.6) is 0 Å². The highest BCUT2D eigenvalue weighted by molar-refractivity contribution is 7.09. The van der Waals surface area contributed by atoms with E-state index in [4.69, 9.17) is 0 Å². The van der Waals surface area contributed by atoms with Gasteiger partial charge in [0.15, 0.2) is 0 Å². The number of amides is 5. The third kappa shape index (κ3) is 15.1. The van der Waals surface area contributed by atoms with E-state index in [9.17, 15) is 33.9 Å². The second-order valence-corrected chi connectivity index (χ2v) is 14.5. The van der Waals surface area contributed by atoms with Gasteiger partial charge in [0.25, 0.3) is 0 Å². The summed E-state index contributed by atoms with van der Waals surface area (Å²) in [5.41, 5.74) is 5.03. The molecule has 0 spiro atoms. The number of aliphatic carboxylic acids is 1. The van der Waals surface area contributed by atoms with Gasteiger partial charge in [0.05, 0.1) is 0 Å². The smallest absolute Gasteiger partial charge is 0.322 e. The first kappa shape index (κ1) is 44.7. The Morgan fingerprint density at radius 3 is 1.68 bits per heavy atom. The molecule has 0 aliphatic carbocycles. The molecule has 0 unspecified atom stereocenters. The van der Waals surface area contributed by atoms with Crippen molar-refractivity contribution in [3.8, 4) is 24.0 Å². The van der Waals surface area contributed by atoms with Crippen LogP contribution in [0, 0.1) is 19.8 Å². The van der Waals surface area contributed by atoms with Crippen LogP contribution >= 0.6 is 11.3 Å². The minimum atomic E-state index is -1.25. The van der Waals surface area contributed by atoms with Crippen molar-refractivity contribution >= 4 is 52.5 Å². The molecule has 13 heteroatoms. The number of carboxylic acids is 1. The summed E-state index contributed by atoms with van der Waals surface area (Å²) < 4.78 is 0. The third-order valence-corrected chi connectivity index (χ3v) is 9.91. The largest absolute Gasteiger partial charge is 0.480 e. The molecule has 0 saturated heterocycles. The van der Waals surface area contributed by atoms with Gasteiger partial charge in [-0.15, -0.1) is 24.2 Å². The molecule has 1 heterocycles. The van der Waals surface area contributed by atoms with Crippen LogP contribution < -0.4 is 26.6 Å². The minimum Gasteiger partial charge on any atom is -0.480 e. The molecule has 12 nitrogen and oxygen atoms in total. The first-order valence-corrected chi connectivity index (χ1v) is 19.7. The lowest BCUT2D eigenvalue weighted by molar-refractivity contribution is -0.138. The van der Waals surface area contributed by atoms with E-state index < -0.39 is 54.3 Å². The zero-order valence-corrected chi connectivity index (χ0v) is 33.4. The molecule has 4 aromatic carbocycles. The SMILES string of the molecule is C#C.Cc1ccc(NC(=O)CCC(=O)N[C@H](Cc2cccs2)C(=O)N[C@H](Cc2ccc(-c3ccccc3)cc2)C(=O)N[C@H](Cc2ccccc2)C(=O)NCC(=O)O)cc1. The average Bonchev–Trinajstić information content (AvgIpc) is 3.77. The van der Waals surface area contributed by atoms with Gasteiger partial charge in [-0.05, 0) is 52.8 Å². The fraction of sp³-hybridized carbons (Fsp3) is 0.217. The molecule has 0 bridgehead atoms. The van der Waals surface area contributed by atoms with Gasteiger partial charge in [0, 0.05) is 42.7 Å². The third-order valence-electron chi connectivity index (χ3n) is 9.01. The molecule has 0 saturated carbocycles. The Morgan fingerprint density at radius 2 is 1.10 bits per heavy atom. The second-order valence-electron chi connectivity index (χ2n) is 13.5. The van der Waals surface area contributed by atoms with Gasteiger partial charge in [0.2, 0.25) is 29.5 Å². The van der Waals surface area contributed by atoms with E-state index in [-0.39, 0.29) is 38.0 Å². The number of anilines is 1.